The Bertz CT molecular complexity index is 2130. The molecule has 224 valence electrons. The van der Waals surface area contributed by atoms with Crippen molar-refractivity contribution in [3.8, 4) is 0 Å². The molecule has 4 heteroatoms. The topological polar surface area (TPSA) is 32.5 Å². The zero-order chi connectivity index (χ0) is 31.3. The van der Waals surface area contributed by atoms with Crippen molar-refractivity contribution in [2.45, 2.75) is 38.5 Å². The summed E-state index contributed by atoms with van der Waals surface area (Å²) < 4.78 is 7.52. The van der Waals surface area contributed by atoms with Gasteiger partial charge in [0.1, 0.15) is 13.7 Å². The van der Waals surface area contributed by atoms with Crippen LogP contribution < -0.4 is 4.90 Å². The summed E-state index contributed by atoms with van der Waals surface area (Å²) in [5.41, 5.74) is 7.23. The molecule has 2 heterocycles. The van der Waals surface area contributed by atoms with Crippen LogP contribution in [0.5, 0.6) is 0 Å². The minimum atomic E-state index is -0.225. The van der Waals surface area contributed by atoms with Gasteiger partial charge in [-0.25, -0.2) is 0 Å². The zero-order valence-electron chi connectivity index (χ0n) is 26.7. The molecule has 5 aromatic rings. The highest BCUT2D eigenvalue weighted by Crippen LogP contribution is 2.51. The van der Waals surface area contributed by atoms with E-state index in [0.29, 0.717) is 19.6 Å². The molecule has 4 nitrogen and oxygen atoms in total. The quantitative estimate of drug-likeness (QED) is 0.0622. The van der Waals surface area contributed by atoms with Crippen LogP contribution in [0, 0.1) is 0 Å². The molecule has 0 radical (unpaired) electrons. The van der Waals surface area contributed by atoms with E-state index in [0.717, 1.165) is 0 Å². The minimum Gasteiger partial charge on any atom is -0.466 e. The van der Waals surface area contributed by atoms with Gasteiger partial charge in [0.15, 0.2) is 5.71 Å². The molecule has 0 fully saturated rings. The van der Waals surface area contributed by atoms with E-state index in [4.69, 9.17) is 4.74 Å². The van der Waals surface area contributed by atoms with Crippen molar-refractivity contribution in [2.24, 2.45) is 0 Å². The second-order valence-corrected chi connectivity index (χ2v) is 13.1. The van der Waals surface area contributed by atoms with Crippen molar-refractivity contribution in [1.29, 1.82) is 0 Å². The predicted octanol–water partition coefficient (Wildman–Crippen LogP) is 9.12. The largest absolute Gasteiger partial charge is 0.466 e. The first-order chi connectivity index (χ1) is 21.8. The summed E-state index contributed by atoms with van der Waals surface area (Å²) in [4.78, 5) is 13.3. The second-order valence-electron chi connectivity index (χ2n) is 13.1. The number of hydrogen-bond acceptors (Lipinski definition) is 3. The minimum absolute atomic E-state index is 0.165. The molecule has 0 aromatic heterocycles. The first-order valence-corrected chi connectivity index (χ1v) is 15.7. The van der Waals surface area contributed by atoms with Gasteiger partial charge in [0, 0.05) is 28.4 Å². The van der Waals surface area contributed by atoms with Crippen molar-refractivity contribution < 1.29 is 14.1 Å². The third kappa shape index (κ3) is 4.42. The Kier molecular flexibility index (Phi) is 6.96. The maximum absolute atomic E-state index is 11.0. The number of rotatable bonds is 7. The summed E-state index contributed by atoms with van der Waals surface area (Å²) >= 11 is 0. The SMILES string of the molecule is C[N+]1=C(/C=C/C=C/C=C2\N(CCOC=O)c3ccc4ccccc4c3C2(C)C)C(C)(C)c2c1c1ccccc1c1ccccc21. The van der Waals surface area contributed by atoms with Crippen molar-refractivity contribution in [3.05, 3.63) is 132 Å². The fourth-order valence-corrected chi connectivity index (χ4v) is 7.92. The van der Waals surface area contributed by atoms with E-state index in [-0.39, 0.29) is 10.8 Å². The molecule has 0 atom stereocenters. The average molecular weight is 592 g/mol. The zero-order valence-corrected chi connectivity index (χ0v) is 26.7. The van der Waals surface area contributed by atoms with Crippen molar-refractivity contribution in [1.82, 2.24) is 0 Å². The van der Waals surface area contributed by atoms with E-state index >= 15 is 0 Å². The average Bonchev–Trinajstić information content (AvgIpc) is 3.39. The highest BCUT2D eigenvalue weighted by atomic mass is 16.5. The summed E-state index contributed by atoms with van der Waals surface area (Å²) in [5, 5.41) is 7.70. The fourth-order valence-electron chi connectivity index (χ4n) is 7.92. The lowest BCUT2D eigenvalue weighted by molar-refractivity contribution is -0.399. The van der Waals surface area contributed by atoms with Crippen LogP contribution in [0.3, 0.4) is 0 Å². The first kappa shape index (κ1) is 28.8. The Morgan fingerprint density at radius 3 is 2.09 bits per heavy atom. The number of nitrogens with zero attached hydrogens (tertiary/aromatic N) is 2. The fraction of sp³-hybridized carbons (Fsp3) is 0.220. The van der Waals surface area contributed by atoms with E-state index < -0.39 is 0 Å². The summed E-state index contributed by atoms with van der Waals surface area (Å²) in [7, 11) is 2.20. The molecule has 0 aliphatic carbocycles. The normalized spacial score (nSPS) is 17.8. The van der Waals surface area contributed by atoms with E-state index in [2.05, 4.69) is 160 Å². The first-order valence-electron chi connectivity index (χ1n) is 15.7. The number of carbonyl (C=O) groups excluding carboxylic acids is 1. The van der Waals surface area contributed by atoms with Gasteiger partial charge >= 0.3 is 0 Å². The van der Waals surface area contributed by atoms with Crippen LogP contribution in [0.2, 0.25) is 0 Å². The van der Waals surface area contributed by atoms with Crippen LogP contribution >= 0.6 is 0 Å². The predicted molar refractivity (Wildman–Crippen MR) is 188 cm³/mol. The summed E-state index contributed by atoms with van der Waals surface area (Å²) in [6, 6.07) is 30.5. The molecule has 2 aliphatic heterocycles. The molecule has 0 saturated carbocycles. The van der Waals surface area contributed by atoms with Gasteiger partial charge in [0.25, 0.3) is 6.47 Å². The number of fused-ring (bicyclic) bond motifs is 9. The van der Waals surface area contributed by atoms with Crippen LogP contribution in [0.25, 0.3) is 32.3 Å². The lowest BCUT2D eigenvalue weighted by Crippen LogP contribution is -2.29. The molecule has 0 amide bonds. The lowest BCUT2D eigenvalue weighted by atomic mass is 9.78. The molecule has 0 saturated heterocycles. The molecule has 7 rings (SSSR count). The Labute approximate surface area is 265 Å². The van der Waals surface area contributed by atoms with Crippen LogP contribution in [0.4, 0.5) is 11.4 Å². The van der Waals surface area contributed by atoms with Crippen LogP contribution in [0.15, 0.2) is 121 Å². The molecule has 2 aliphatic rings. The van der Waals surface area contributed by atoms with E-state index in [1.54, 1.807) is 0 Å². The van der Waals surface area contributed by atoms with Gasteiger partial charge < -0.3 is 9.64 Å². The molecule has 0 unspecified atom stereocenters. The number of benzene rings is 5. The Hall–Kier alpha value is -4.96. The van der Waals surface area contributed by atoms with E-state index in [9.17, 15) is 4.79 Å². The second kappa shape index (κ2) is 10.9. The molecule has 45 heavy (non-hydrogen) atoms. The molecule has 0 bridgehead atoms. The summed E-state index contributed by atoms with van der Waals surface area (Å²) in [5.74, 6) is 0. The molecular formula is C41H39N2O2+. The highest BCUT2D eigenvalue weighted by Gasteiger charge is 2.45. The van der Waals surface area contributed by atoms with Gasteiger partial charge in [0.2, 0.25) is 5.69 Å². The van der Waals surface area contributed by atoms with Crippen LogP contribution in [0.1, 0.15) is 38.8 Å². The number of ether oxygens (including phenoxy) is 1. The Balaban J connectivity index is 1.25. The summed E-state index contributed by atoms with van der Waals surface area (Å²) in [6.07, 6.45) is 10.9. The van der Waals surface area contributed by atoms with Crippen molar-refractivity contribution >= 4 is 55.9 Å². The van der Waals surface area contributed by atoms with Gasteiger partial charge in [-0.1, -0.05) is 105 Å². The lowest BCUT2D eigenvalue weighted by Gasteiger charge is -2.26. The maximum atomic E-state index is 11.0. The van der Waals surface area contributed by atoms with Gasteiger partial charge in [0.05, 0.1) is 17.3 Å². The number of hydrogen-bond donors (Lipinski definition) is 0. The van der Waals surface area contributed by atoms with Gasteiger partial charge in [-0.3, -0.25) is 4.79 Å². The smallest absolute Gasteiger partial charge is 0.293 e. The maximum Gasteiger partial charge on any atom is 0.293 e. The van der Waals surface area contributed by atoms with Gasteiger partial charge in [-0.2, -0.15) is 4.58 Å². The standard InChI is InChI=1S/C41H39N2O2/c1-40(2)35(42(5)39-33-20-14-12-18-31(33)30-17-11-13-19-32(30)38(39)40)21-7-6-8-22-36-41(3,4)37-29-16-10-9-15-28(29)23-24-34(37)43(36)25-26-45-27-44/h6-24,27H,25-26H2,1-5H3/q+1. The Morgan fingerprint density at radius 2 is 1.36 bits per heavy atom. The van der Waals surface area contributed by atoms with Gasteiger partial charge in [-0.05, 0) is 64.6 Å². The monoisotopic (exact) mass is 591 g/mol. The van der Waals surface area contributed by atoms with E-state index in [1.165, 1.54) is 66.2 Å². The molecule has 0 N–H and O–H groups in total. The molecular weight excluding hydrogens is 552 g/mol. The third-order valence-electron chi connectivity index (χ3n) is 9.85. The van der Waals surface area contributed by atoms with Crippen LogP contribution in [-0.4, -0.2) is 37.0 Å². The number of anilines is 1. The molecule has 5 aromatic carbocycles. The Morgan fingerprint density at radius 1 is 0.711 bits per heavy atom. The highest BCUT2D eigenvalue weighted by molar-refractivity contribution is 6.18. The summed E-state index contributed by atoms with van der Waals surface area (Å²) in [6.45, 7) is 10.7. The van der Waals surface area contributed by atoms with Crippen LogP contribution in [-0.2, 0) is 20.4 Å². The van der Waals surface area contributed by atoms with Crippen molar-refractivity contribution in [3.63, 3.8) is 0 Å². The molecule has 0 spiro atoms. The van der Waals surface area contributed by atoms with Crippen molar-refractivity contribution in [2.75, 3.05) is 25.1 Å². The third-order valence-corrected chi connectivity index (χ3v) is 9.85. The van der Waals surface area contributed by atoms with Gasteiger partial charge in [-0.15, -0.1) is 0 Å². The number of allylic oxidation sites excluding steroid dienone is 6. The van der Waals surface area contributed by atoms with E-state index in [1.807, 2.05) is 0 Å². The number of carbonyl (C=O) groups is 1.